The molecule has 0 aliphatic heterocycles. The van der Waals surface area contributed by atoms with Crippen molar-refractivity contribution in [3.63, 3.8) is 0 Å². The van der Waals surface area contributed by atoms with Crippen LogP contribution in [0.4, 0.5) is 0 Å². The molecule has 1 aliphatic rings. The smallest absolute Gasteiger partial charge is 0.162 e. The molecular formula is C35H41IrN2O2-. The molecule has 0 atom stereocenters. The molecule has 0 amide bonds. The van der Waals surface area contributed by atoms with Crippen LogP contribution in [0.25, 0.3) is 33.1 Å². The molecule has 0 unspecified atom stereocenters. The van der Waals surface area contributed by atoms with Gasteiger partial charge in [0.1, 0.15) is 0 Å². The van der Waals surface area contributed by atoms with Gasteiger partial charge in [-0.2, -0.15) is 0 Å². The van der Waals surface area contributed by atoms with E-state index in [0.717, 1.165) is 53.5 Å². The Hall–Kier alpha value is -2.88. The van der Waals surface area contributed by atoms with Crippen LogP contribution in [0.15, 0.2) is 60.5 Å². The van der Waals surface area contributed by atoms with Gasteiger partial charge in [-0.25, -0.2) is 0 Å². The zero-order valence-corrected chi connectivity index (χ0v) is 27.2. The third-order valence-corrected chi connectivity index (χ3v) is 8.31. The number of aryl methyl sites for hydroxylation is 1. The molecule has 1 radical (unpaired) electrons. The largest absolute Gasteiger partial charge is 0.512 e. The fraction of sp³-hybridized carbons (Fsp3) is 0.400. The van der Waals surface area contributed by atoms with Gasteiger partial charge < -0.3 is 5.11 Å². The number of aromatic nitrogens is 2. The first-order chi connectivity index (χ1) is 18.7. The Bertz CT molecular complexity index is 1530. The number of fused-ring (bicyclic) bond motifs is 3. The number of nitrogens with zero attached hydrogens (tertiary/aromatic N) is 2. The van der Waals surface area contributed by atoms with Gasteiger partial charge in [-0.05, 0) is 56.0 Å². The summed E-state index contributed by atoms with van der Waals surface area (Å²) in [6, 6.07) is 18.4. The van der Waals surface area contributed by atoms with E-state index < -0.39 is 0 Å². The van der Waals surface area contributed by atoms with E-state index >= 15 is 0 Å². The van der Waals surface area contributed by atoms with E-state index in [1.165, 1.54) is 28.0 Å². The average molecular weight is 714 g/mol. The standard InChI is InChI=1S/C22H17N2.C13H24O2.Ir/c1-13-10-19-18(23-12-13)11-17-21(24-19)15-8-4-6-14-7-5-9-16(20(14)15)22(17,2)3;1-5-10(6-2)12(14)9-13(15)11(7-3)8-4;/h4-7,9-12H,1-3H3;9-11,14H,5-8H2,1-4H3;/q-1;;/b;12-9-;. The zero-order valence-electron chi connectivity index (χ0n) is 24.8. The zero-order chi connectivity index (χ0) is 28.3. The van der Waals surface area contributed by atoms with E-state index in [-0.39, 0.29) is 48.9 Å². The molecule has 0 saturated carbocycles. The number of rotatable bonds is 7. The van der Waals surface area contributed by atoms with E-state index in [0.29, 0.717) is 0 Å². The maximum absolute atomic E-state index is 11.7. The molecule has 4 nitrogen and oxygen atoms in total. The summed E-state index contributed by atoms with van der Waals surface area (Å²) < 4.78 is 0. The van der Waals surface area contributed by atoms with Crippen LogP contribution in [-0.4, -0.2) is 20.9 Å². The predicted molar refractivity (Wildman–Crippen MR) is 162 cm³/mol. The molecule has 0 saturated heterocycles. The summed E-state index contributed by atoms with van der Waals surface area (Å²) in [5.74, 6) is 0.547. The van der Waals surface area contributed by atoms with E-state index in [1.807, 2.05) is 40.0 Å². The number of carbonyl (C=O) groups is 1. The summed E-state index contributed by atoms with van der Waals surface area (Å²) in [6.07, 6.45) is 6.82. The molecule has 0 bridgehead atoms. The summed E-state index contributed by atoms with van der Waals surface area (Å²) in [5.41, 5.74) is 7.66. The number of carbonyl (C=O) groups excluding carboxylic acids is 1. The van der Waals surface area contributed by atoms with Crippen molar-refractivity contribution in [2.24, 2.45) is 11.8 Å². The molecule has 2 aromatic carbocycles. The minimum Gasteiger partial charge on any atom is -0.512 e. The van der Waals surface area contributed by atoms with Crippen molar-refractivity contribution >= 4 is 27.6 Å². The first-order valence-electron chi connectivity index (χ1n) is 14.3. The summed E-state index contributed by atoms with van der Waals surface area (Å²) in [4.78, 5) is 21.3. The van der Waals surface area contributed by atoms with E-state index in [2.05, 4.69) is 68.2 Å². The van der Waals surface area contributed by atoms with Crippen LogP contribution in [0.3, 0.4) is 0 Å². The number of ketones is 1. The van der Waals surface area contributed by atoms with Crippen molar-refractivity contribution in [1.29, 1.82) is 0 Å². The molecule has 5 heteroatoms. The Morgan fingerprint density at radius 3 is 2.30 bits per heavy atom. The summed E-state index contributed by atoms with van der Waals surface area (Å²) in [6.45, 7) is 14.7. The molecule has 213 valence electrons. The molecule has 0 spiro atoms. The van der Waals surface area contributed by atoms with Gasteiger partial charge in [-0.15, -0.1) is 29.1 Å². The van der Waals surface area contributed by atoms with Crippen molar-refractivity contribution in [1.82, 2.24) is 9.97 Å². The van der Waals surface area contributed by atoms with Crippen molar-refractivity contribution in [3.05, 3.63) is 83.3 Å². The number of aliphatic hydroxyl groups is 1. The number of hydrogen-bond donors (Lipinski definition) is 1. The van der Waals surface area contributed by atoms with Gasteiger partial charge in [0.15, 0.2) is 5.78 Å². The van der Waals surface area contributed by atoms with Gasteiger partial charge in [0.05, 0.1) is 16.8 Å². The Balaban J connectivity index is 0.000000243. The van der Waals surface area contributed by atoms with Gasteiger partial charge in [-0.3, -0.25) is 14.8 Å². The second-order valence-corrected chi connectivity index (χ2v) is 11.2. The first-order valence-corrected chi connectivity index (χ1v) is 14.3. The monoisotopic (exact) mass is 714 g/mol. The number of aliphatic hydroxyl groups excluding tert-OH is 1. The van der Waals surface area contributed by atoms with Crippen LogP contribution >= 0.6 is 0 Å². The first kappa shape index (κ1) is 31.6. The van der Waals surface area contributed by atoms with Crippen LogP contribution in [0, 0.1) is 24.8 Å². The fourth-order valence-corrected chi connectivity index (χ4v) is 5.73. The average Bonchev–Trinajstić information content (AvgIpc) is 2.92. The summed E-state index contributed by atoms with van der Waals surface area (Å²) in [7, 11) is 0. The SMILES string of the molecule is CCC(CC)C(=O)/C=C(\O)C(CC)CC.Cc1cnc2cc3c(nc2c1)-c1[c-]ccc2cccc(c12)C3(C)C.[Ir]. The molecule has 1 N–H and O–H groups in total. The minimum absolute atomic E-state index is 0. The van der Waals surface area contributed by atoms with Crippen molar-refractivity contribution < 1.29 is 30.0 Å². The topological polar surface area (TPSA) is 63.1 Å². The maximum Gasteiger partial charge on any atom is 0.162 e. The third-order valence-electron chi connectivity index (χ3n) is 8.31. The van der Waals surface area contributed by atoms with Crippen LogP contribution in [0.2, 0.25) is 0 Å². The van der Waals surface area contributed by atoms with Gasteiger partial charge in [0.25, 0.3) is 0 Å². The fourth-order valence-electron chi connectivity index (χ4n) is 5.73. The van der Waals surface area contributed by atoms with Crippen molar-refractivity contribution in [3.8, 4) is 11.3 Å². The second-order valence-electron chi connectivity index (χ2n) is 11.2. The molecule has 40 heavy (non-hydrogen) atoms. The van der Waals surface area contributed by atoms with Gasteiger partial charge >= 0.3 is 0 Å². The van der Waals surface area contributed by atoms with Gasteiger partial charge in [-0.1, -0.05) is 76.3 Å². The van der Waals surface area contributed by atoms with E-state index in [9.17, 15) is 9.90 Å². The molecule has 4 aromatic rings. The summed E-state index contributed by atoms with van der Waals surface area (Å²) >= 11 is 0. The molecular weight excluding hydrogens is 673 g/mol. The predicted octanol–water partition coefficient (Wildman–Crippen LogP) is 9.07. The number of allylic oxidation sites excluding steroid dienone is 2. The molecule has 1 aliphatic carbocycles. The number of hydrogen-bond acceptors (Lipinski definition) is 4. The number of benzene rings is 2. The minimum atomic E-state index is -0.106. The van der Waals surface area contributed by atoms with Crippen LogP contribution in [0.5, 0.6) is 0 Å². The normalized spacial score (nSPS) is 13.6. The van der Waals surface area contributed by atoms with Crippen LogP contribution < -0.4 is 0 Å². The van der Waals surface area contributed by atoms with E-state index in [1.54, 1.807) is 0 Å². The van der Waals surface area contributed by atoms with Crippen LogP contribution in [0.1, 0.15) is 83.9 Å². The molecule has 0 fully saturated rings. The Labute approximate surface area is 252 Å². The quantitative estimate of drug-likeness (QED) is 0.118. The second kappa shape index (κ2) is 13.2. The molecule has 2 heterocycles. The van der Waals surface area contributed by atoms with Crippen molar-refractivity contribution in [2.75, 3.05) is 0 Å². The van der Waals surface area contributed by atoms with Gasteiger partial charge in [0, 0.05) is 49.6 Å². The van der Waals surface area contributed by atoms with Crippen molar-refractivity contribution in [2.45, 2.75) is 79.6 Å². The number of pyridine rings is 2. The Morgan fingerprint density at radius 1 is 0.975 bits per heavy atom. The Morgan fingerprint density at radius 2 is 1.65 bits per heavy atom. The van der Waals surface area contributed by atoms with Crippen LogP contribution in [-0.2, 0) is 30.3 Å². The van der Waals surface area contributed by atoms with Gasteiger partial charge in [0.2, 0.25) is 0 Å². The third kappa shape index (κ3) is 6.06. The molecule has 5 rings (SSSR count). The molecule has 2 aromatic heterocycles. The Kier molecular flexibility index (Phi) is 10.4. The maximum atomic E-state index is 11.7. The van der Waals surface area contributed by atoms with E-state index in [4.69, 9.17) is 4.98 Å². The summed E-state index contributed by atoms with van der Waals surface area (Å²) in [5, 5.41) is 12.3.